The fourth-order valence-corrected chi connectivity index (χ4v) is 1.93. The Labute approximate surface area is 125 Å². The minimum atomic E-state index is -0.0165. The Morgan fingerprint density at radius 1 is 1.24 bits per heavy atom. The summed E-state index contributed by atoms with van der Waals surface area (Å²) in [5.74, 6) is 0.0136. The number of nitrogens with one attached hydrogen (secondary N) is 2. The quantitative estimate of drug-likeness (QED) is 0.858. The van der Waals surface area contributed by atoms with Crippen LogP contribution in [0.4, 0.5) is 11.4 Å². The van der Waals surface area contributed by atoms with Gasteiger partial charge in [-0.3, -0.25) is 4.79 Å². The van der Waals surface area contributed by atoms with Crippen molar-refractivity contribution in [1.82, 2.24) is 9.55 Å². The van der Waals surface area contributed by atoms with Crippen LogP contribution in [0.15, 0.2) is 36.8 Å². The first-order valence-corrected chi connectivity index (χ1v) is 7.24. The molecular formula is C16H22N4O. The summed E-state index contributed by atoms with van der Waals surface area (Å²) in [6, 6.07) is 7.73. The lowest BCUT2D eigenvalue weighted by Gasteiger charge is -2.10. The van der Waals surface area contributed by atoms with E-state index in [9.17, 15) is 4.79 Å². The highest BCUT2D eigenvalue weighted by atomic mass is 16.1. The van der Waals surface area contributed by atoms with Crippen molar-refractivity contribution in [2.24, 2.45) is 5.92 Å². The zero-order chi connectivity index (χ0) is 15.2. The molecule has 0 bridgehead atoms. The van der Waals surface area contributed by atoms with Gasteiger partial charge in [0.1, 0.15) is 0 Å². The van der Waals surface area contributed by atoms with Crippen LogP contribution in [0.3, 0.4) is 0 Å². The highest BCUT2D eigenvalue weighted by molar-refractivity contribution is 5.92. The van der Waals surface area contributed by atoms with Crippen molar-refractivity contribution in [2.45, 2.75) is 33.9 Å². The molecule has 0 saturated heterocycles. The Kier molecular flexibility index (Phi) is 4.98. The van der Waals surface area contributed by atoms with Crippen LogP contribution in [0.2, 0.25) is 0 Å². The van der Waals surface area contributed by atoms with E-state index in [0.717, 1.165) is 30.2 Å². The van der Waals surface area contributed by atoms with Crippen LogP contribution in [-0.2, 0) is 17.9 Å². The van der Waals surface area contributed by atoms with Crippen LogP contribution in [0.5, 0.6) is 0 Å². The van der Waals surface area contributed by atoms with Crippen molar-refractivity contribution in [1.29, 1.82) is 0 Å². The largest absolute Gasteiger partial charge is 0.379 e. The van der Waals surface area contributed by atoms with E-state index in [4.69, 9.17) is 0 Å². The Hall–Kier alpha value is -2.30. The molecule has 0 aliphatic heterocycles. The summed E-state index contributed by atoms with van der Waals surface area (Å²) in [4.78, 5) is 15.8. The van der Waals surface area contributed by atoms with Gasteiger partial charge in [-0.2, -0.15) is 0 Å². The number of amides is 1. The number of benzene rings is 1. The molecule has 0 spiro atoms. The van der Waals surface area contributed by atoms with Gasteiger partial charge in [0, 0.05) is 30.0 Å². The topological polar surface area (TPSA) is 59.0 Å². The van der Waals surface area contributed by atoms with E-state index >= 15 is 0 Å². The van der Waals surface area contributed by atoms with E-state index in [1.54, 1.807) is 0 Å². The SMILES string of the molecule is CCn1cncc1CNc1ccc(NC(=O)C(C)C)cc1. The Balaban J connectivity index is 1.92. The number of nitrogens with zero attached hydrogens (tertiary/aromatic N) is 2. The van der Waals surface area contributed by atoms with E-state index < -0.39 is 0 Å². The van der Waals surface area contributed by atoms with Gasteiger partial charge in [0.15, 0.2) is 0 Å². The second kappa shape index (κ2) is 6.92. The molecule has 21 heavy (non-hydrogen) atoms. The number of aromatic nitrogens is 2. The van der Waals surface area contributed by atoms with Crippen LogP contribution >= 0.6 is 0 Å². The van der Waals surface area contributed by atoms with E-state index in [1.807, 2.05) is 50.6 Å². The molecule has 0 saturated carbocycles. The third kappa shape index (κ3) is 4.08. The van der Waals surface area contributed by atoms with Gasteiger partial charge in [-0.25, -0.2) is 4.98 Å². The summed E-state index contributed by atoms with van der Waals surface area (Å²) < 4.78 is 2.10. The summed E-state index contributed by atoms with van der Waals surface area (Å²) in [5.41, 5.74) is 2.98. The molecule has 0 fully saturated rings. The minimum absolute atomic E-state index is 0.0165. The molecule has 1 amide bonds. The van der Waals surface area contributed by atoms with Crippen LogP contribution in [0, 0.1) is 5.92 Å². The monoisotopic (exact) mass is 286 g/mol. The normalized spacial score (nSPS) is 10.7. The first kappa shape index (κ1) is 15.1. The molecule has 2 rings (SSSR count). The molecule has 1 heterocycles. The van der Waals surface area contributed by atoms with Crippen molar-refractivity contribution in [3.8, 4) is 0 Å². The second-order valence-electron chi connectivity index (χ2n) is 5.25. The summed E-state index contributed by atoms with van der Waals surface area (Å²) in [6.07, 6.45) is 3.70. The third-order valence-electron chi connectivity index (χ3n) is 3.29. The maximum absolute atomic E-state index is 11.6. The minimum Gasteiger partial charge on any atom is -0.379 e. The van der Waals surface area contributed by atoms with E-state index in [2.05, 4.69) is 27.1 Å². The smallest absolute Gasteiger partial charge is 0.226 e. The average Bonchev–Trinajstić information content (AvgIpc) is 2.94. The molecule has 0 aliphatic carbocycles. The number of hydrogen-bond donors (Lipinski definition) is 2. The Morgan fingerprint density at radius 2 is 1.90 bits per heavy atom. The first-order chi connectivity index (χ1) is 10.1. The van der Waals surface area contributed by atoms with Crippen molar-refractivity contribution in [2.75, 3.05) is 10.6 Å². The number of anilines is 2. The molecule has 112 valence electrons. The molecular weight excluding hydrogens is 264 g/mol. The van der Waals surface area contributed by atoms with Crippen molar-refractivity contribution >= 4 is 17.3 Å². The predicted molar refractivity (Wildman–Crippen MR) is 85.1 cm³/mol. The summed E-state index contributed by atoms with van der Waals surface area (Å²) in [6.45, 7) is 7.49. The summed E-state index contributed by atoms with van der Waals surface area (Å²) in [5, 5.41) is 6.23. The molecule has 2 N–H and O–H groups in total. The average molecular weight is 286 g/mol. The standard InChI is InChI=1S/C16H22N4O/c1-4-20-11-17-9-15(20)10-18-13-5-7-14(8-6-13)19-16(21)12(2)3/h5-9,11-12,18H,4,10H2,1-3H3,(H,19,21). The zero-order valence-corrected chi connectivity index (χ0v) is 12.8. The summed E-state index contributed by atoms with van der Waals surface area (Å²) in [7, 11) is 0. The predicted octanol–water partition coefficient (Wildman–Crippen LogP) is 3.11. The van der Waals surface area contributed by atoms with Crippen LogP contribution in [0.1, 0.15) is 26.5 Å². The summed E-state index contributed by atoms with van der Waals surface area (Å²) >= 11 is 0. The number of imidazole rings is 1. The highest BCUT2D eigenvalue weighted by Gasteiger charge is 2.06. The first-order valence-electron chi connectivity index (χ1n) is 7.24. The molecule has 0 unspecified atom stereocenters. The highest BCUT2D eigenvalue weighted by Crippen LogP contribution is 2.15. The molecule has 0 atom stereocenters. The van der Waals surface area contributed by atoms with E-state index in [0.29, 0.717) is 0 Å². The molecule has 1 aromatic carbocycles. The van der Waals surface area contributed by atoms with Gasteiger partial charge in [0.25, 0.3) is 0 Å². The van der Waals surface area contributed by atoms with Gasteiger partial charge in [-0.05, 0) is 31.2 Å². The zero-order valence-electron chi connectivity index (χ0n) is 12.8. The lowest BCUT2D eigenvalue weighted by molar-refractivity contribution is -0.118. The van der Waals surface area contributed by atoms with Crippen molar-refractivity contribution in [3.63, 3.8) is 0 Å². The Bertz CT molecular complexity index is 587. The molecule has 1 aromatic heterocycles. The number of hydrogen-bond acceptors (Lipinski definition) is 3. The molecule has 5 heteroatoms. The lowest BCUT2D eigenvalue weighted by atomic mass is 10.2. The van der Waals surface area contributed by atoms with Gasteiger partial charge in [0.05, 0.1) is 18.6 Å². The maximum atomic E-state index is 11.6. The van der Waals surface area contributed by atoms with Crippen molar-refractivity contribution in [3.05, 3.63) is 42.5 Å². The van der Waals surface area contributed by atoms with Gasteiger partial charge in [0.2, 0.25) is 5.91 Å². The van der Waals surface area contributed by atoms with Crippen LogP contribution in [-0.4, -0.2) is 15.5 Å². The maximum Gasteiger partial charge on any atom is 0.226 e. The molecule has 2 aromatic rings. The van der Waals surface area contributed by atoms with Gasteiger partial charge in [-0.15, -0.1) is 0 Å². The lowest BCUT2D eigenvalue weighted by Crippen LogP contribution is -2.17. The third-order valence-corrected chi connectivity index (χ3v) is 3.29. The fourth-order valence-electron chi connectivity index (χ4n) is 1.93. The molecule has 0 radical (unpaired) electrons. The van der Waals surface area contributed by atoms with Crippen LogP contribution < -0.4 is 10.6 Å². The van der Waals surface area contributed by atoms with Gasteiger partial charge >= 0.3 is 0 Å². The van der Waals surface area contributed by atoms with E-state index in [1.165, 1.54) is 0 Å². The molecule has 0 aliphatic rings. The number of aryl methyl sites for hydroxylation is 1. The number of carbonyl (C=O) groups excluding carboxylic acids is 1. The van der Waals surface area contributed by atoms with E-state index in [-0.39, 0.29) is 11.8 Å². The molecule has 5 nitrogen and oxygen atoms in total. The Morgan fingerprint density at radius 3 is 2.52 bits per heavy atom. The van der Waals surface area contributed by atoms with Crippen LogP contribution in [0.25, 0.3) is 0 Å². The second-order valence-corrected chi connectivity index (χ2v) is 5.25. The fraction of sp³-hybridized carbons (Fsp3) is 0.375. The number of rotatable bonds is 6. The van der Waals surface area contributed by atoms with Gasteiger partial charge in [-0.1, -0.05) is 13.8 Å². The van der Waals surface area contributed by atoms with Gasteiger partial charge < -0.3 is 15.2 Å². The van der Waals surface area contributed by atoms with Crippen molar-refractivity contribution < 1.29 is 4.79 Å². The number of carbonyl (C=O) groups is 1.